The largest absolute Gasteiger partial charge is 0.315 e. The third kappa shape index (κ3) is 7.07. The molecule has 0 saturated heterocycles. The van der Waals surface area contributed by atoms with Crippen LogP contribution in [0.15, 0.2) is 30.3 Å². The van der Waals surface area contributed by atoms with Crippen LogP contribution in [0.25, 0.3) is 0 Å². The zero-order chi connectivity index (χ0) is 15.5. The molecule has 120 valence electrons. The minimum Gasteiger partial charge on any atom is -0.315 e. The molecule has 0 aliphatic carbocycles. The molecule has 0 fully saturated rings. The molecule has 21 heavy (non-hydrogen) atoms. The number of benzene rings is 1. The van der Waals surface area contributed by atoms with Crippen molar-refractivity contribution in [2.45, 2.75) is 32.7 Å². The molecule has 0 aliphatic heterocycles. The first kappa shape index (κ1) is 18.1. The van der Waals surface area contributed by atoms with Gasteiger partial charge in [0.15, 0.2) is 0 Å². The summed E-state index contributed by atoms with van der Waals surface area (Å²) in [5.41, 5.74) is 1.42. The highest BCUT2D eigenvalue weighted by molar-refractivity contribution is 5.19. The predicted octanol–water partition coefficient (Wildman–Crippen LogP) is 3.00. The van der Waals surface area contributed by atoms with Crippen LogP contribution in [0.3, 0.4) is 0 Å². The molecule has 1 aromatic rings. The average Bonchev–Trinajstić information content (AvgIpc) is 2.50. The van der Waals surface area contributed by atoms with Crippen molar-refractivity contribution in [2.75, 3.05) is 46.8 Å². The van der Waals surface area contributed by atoms with Crippen LogP contribution in [-0.4, -0.2) is 56.6 Å². The van der Waals surface area contributed by atoms with E-state index in [-0.39, 0.29) is 0 Å². The van der Waals surface area contributed by atoms with Gasteiger partial charge in [-0.25, -0.2) is 0 Å². The maximum atomic E-state index is 3.60. The van der Waals surface area contributed by atoms with Gasteiger partial charge in [0.05, 0.1) is 0 Å². The van der Waals surface area contributed by atoms with E-state index in [1.807, 2.05) is 0 Å². The molecule has 0 aromatic heterocycles. The molecule has 0 amide bonds. The molecule has 0 saturated carbocycles. The van der Waals surface area contributed by atoms with Gasteiger partial charge in [-0.3, -0.25) is 4.90 Å². The average molecular weight is 291 g/mol. The van der Waals surface area contributed by atoms with Crippen molar-refractivity contribution in [1.82, 2.24) is 15.1 Å². The van der Waals surface area contributed by atoms with Gasteiger partial charge >= 0.3 is 0 Å². The van der Waals surface area contributed by atoms with Crippen molar-refractivity contribution >= 4 is 0 Å². The lowest BCUT2D eigenvalue weighted by molar-refractivity contribution is 0.193. The Bertz CT molecular complexity index is 351. The van der Waals surface area contributed by atoms with Crippen molar-refractivity contribution in [3.05, 3.63) is 35.9 Å². The van der Waals surface area contributed by atoms with Crippen molar-refractivity contribution in [2.24, 2.45) is 0 Å². The molecule has 0 aliphatic rings. The summed E-state index contributed by atoms with van der Waals surface area (Å²) in [4.78, 5) is 4.86. The van der Waals surface area contributed by atoms with Crippen LogP contribution in [0.1, 0.15) is 38.3 Å². The molecule has 1 unspecified atom stereocenters. The Balaban J connectivity index is 2.67. The molecule has 1 rings (SSSR count). The maximum absolute atomic E-state index is 3.60. The number of hydrogen-bond acceptors (Lipinski definition) is 3. The second kappa shape index (κ2) is 10.8. The molecule has 1 aromatic carbocycles. The molecule has 3 nitrogen and oxygen atoms in total. The van der Waals surface area contributed by atoms with Gasteiger partial charge < -0.3 is 10.2 Å². The third-order valence-electron chi connectivity index (χ3n) is 3.85. The molecule has 1 atom stereocenters. The molecule has 1 N–H and O–H groups in total. The van der Waals surface area contributed by atoms with Crippen molar-refractivity contribution < 1.29 is 0 Å². The monoisotopic (exact) mass is 291 g/mol. The maximum Gasteiger partial charge on any atom is 0.0472 e. The minimum absolute atomic E-state index is 0.477. The minimum atomic E-state index is 0.477. The van der Waals surface area contributed by atoms with Gasteiger partial charge in [0.1, 0.15) is 0 Å². The summed E-state index contributed by atoms with van der Waals surface area (Å²) in [6.45, 7) is 10.0. The van der Waals surface area contributed by atoms with E-state index >= 15 is 0 Å². The highest BCUT2D eigenvalue weighted by Gasteiger charge is 2.18. The van der Waals surface area contributed by atoms with Crippen molar-refractivity contribution in [3.63, 3.8) is 0 Å². The number of rotatable bonds is 11. The molecule has 0 radical (unpaired) electrons. The van der Waals surface area contributed by atoms with Gasteiger partial charge in [-0.05, 0) is 52.1 Å². The highest BCUT2D eigenvalue weighted by atomic mass is 15.2. The van der Waals surface area contributed by atoms with E-state index in [2.05, 4.69) is 73.4 Å². The smallest absolute Gasteiger partial charge is 0.0472 e. The van der Waals surface area contributed by atoms with Crippen LogP contribution < -0.4 is 5.32 Å². The lowest BCUT2D eigenvalue weighted by atomic mass is 10.0. The van der Waals surface area contributed by atoms with Gasteiger partial charge in [0, 0.05) is 19.1 Å². The summed E-state index contributed by atoms with van der Waals surface area (Å²) in [5.74, 6) is 0. The Kier molecular flexibility index (Phi) is 9.31. The third-order valence-corrected chi connectivity index (χ3v) is 3.85. The zero-order valence-electron chi connectivity index (χ0n) is 14.3. The topological polar surface area (TPSA) is 18.5 Å². The van der Waals surface area contributed by atoms with Gasteiger partial charge in [-0.15, -0.1) is 0 Å². The number of hydrogen-bond donors (Lipinski definition) is 1. The van der Waals surface area contributed by atoms with E-state index in [4.69, 9.17) is 0 Å². The Morgan fingerprint density at radius 2 is 1.76 bits per heavy atom. The van der Waals surface area contributed by atoms with E-state index in [0.717, 1.165) is 32.7 Å². The Labute approximate surface area is 131 Å². The van der Waals surface area contributed by atoms with Crippen LogP contribution >= 0.6 is 0 Å². The molecular formula is C18H33N3. The summed E-state index contributed by atoms with van der Waals surface area (Å²) in [6.07, 6.45) is 2.41. The van der Waals surface area contributed by atoms with Crippen LogP contribution in [0, 0.1) is 0 Å². The normalized spacial score (nSPS) is 13.0. The fourth-order valence-corrected chi connectivity index (χ4v) is 2.67. The van der Waals surface area contributed by atoms with Crippen LogP contribution in [0.4, 0.5) is 0 Å². The summed E-state index contributed by atoms with van der Waals surface area (Å²) in [5, 5.41) is 3.60. The van der Waals surface area contributed by atoms with E-state index < -0.39 is 0 Å². The number of nitrogens with one attached hydrogen (secondary N) is 1. The lowest BCUT2D eigenvalue weighted by Crippen LogP contribution is -2.37. The quantitative estimate of drug-likeness (QED) is 0.632. The van der Waals surface area contributed by atoms with E-state index in [0.29, 0.717) is 6.04 Å². The molecular weight excluding hydrogens is 258 g/mol. The molecule has 3 heteroatoms. The number of likely N-dealkylation sites (N-methyl/N-ethyl adjacent to an activating group) is 1. The van der Waals surface area contributed by atoms with E-state index in [9.17, 15) is 0 Å². The number of nitrogens with zero attached hydrogens (tertiary/aromatic N) is 2. The van der Waals surface area contributed by atoms with Crippen LogP contribution in [0.5, 0.6) is 0 Å². The zero-order valence-corrected chi connectivity index (χ0v) is 14.3. The van der Waals surface area contributed by atoms with Gasteiger partial charge in [0.2, 0.25) is 0 Å². The van der Waals surface area contributed by atoms with Gasteiger partial charge in [0.25, 0.3) is 0 Å². The standard InChI is InChI=1S/C18H33N3/c1-5-13-19-16-18(17-11-8-7-9-12-17)21(6-2)15-10-14-20(3)4/h7-9,11-12,18-19H,5-6,10,13-16H2,1-4H3. The first-order valence-corrected chi connectivity index (χ1v) is 8.33. The summed E-state index contributed by atoms with van der Waals surface area (Å²) < 4.78 is 0. The molecule has 0 bridgehead atoms. The summed E-state index contributed by atoms with van der Waals surface area (Å²) in [7, 11) is 4.29. The van der Waals surface area contributed by atoms with Crippen molar-refractivity contribution in [3.8, 4) is 0 Å². The Morgan fingerprint density at radius 1 is 1.05 bits per heavy atom. The summed E-state index contributed by atoms with van der Waals surface area (Å²) in [6, 6.07) is 11.4. The predicted molar refractivity (Wildman–Crippen MR) is 92.8 cm³/mol. The van der Waals surface area contributed by atoms with E-state index in [1.165, 1.54) is 18.4 Å². The molecule has 0 heterocycles. The lowest BCUT2D eigenvalue weighted by Gasteiger charge is -2.32. The van der Waals surface area contributed by atoms with E-state index in [1.54, 1.807) is 0 Å². The van der Waals surface area contributed by atoms with Crippen LogP contribution in [0.2, 0.25) is 0 Å². The van der Waals surface area contributed by atoms with Gasteiger partial charge in [-0.2, -0.15) is 0 Å². The van der Waals surface area contributed by atoms with Crippen molar-refractivity contribution in [1.29, 1.82) is 0 Å². The first-order chi connectivity index (χ1) is 10.2. The second-order valence-electron chi connectivity index (χ2n) is 5.92. The Hall–Kier alpha value is -0.900. The molecule has 0 spiro atoms. The Morgan fingerprint density at radius 3 is 2.33 bits per heavy atom. The second-order valence-corrected chi connectivity index (χ2v) is 5.92. The van der Waals surface area contributed by atoms with Gasteiger partial charge in [-0.1, -0.05) is 44.2 Å². The fourth-order valence-electron chi connectivity index (χ4n) is 2.67. The highest BCUT2D eigenvalue weighted by Crippen LogP contribution is 2.20. The summed E-state index contributed by atoms with van der Waals surface area (Å²) >= 11 is 0. The SMILES string of the molecule is CCCNCC(c1ccccc1)N(CC)CCCN(C)C. The fraction of sp³-hybridized carbons (Fsp3) is 0.667. The van der Waals surface area contributed by atoms with Crippen LogP contribution in [-0.2, 0) is 0 Å². The first-order valence-electron chi connectivity index (χ1n) is 8.33.